The maximum Gasteiger partial charge on any atom is 0.233 e. The number of anilines is 4. The van der Waals surface area contributed by atoms with Gasteiger partial charge in [0.15, 0.2) is 11.6 Å². The summed E-state index contributed by atoms with van der Waals surface area (Å²) >= 11 is 0. The highest BCUT2D eigenvalue weighted by molar-refractivity contribution is 7.91. The number of halogens is 1. The third-order valence-corrected chi connectivity index (χ3v) is 8.53. The van der Waals surface area contributed by atoms with Gasteiger partial charge in [0.1, 0.15) is 9.84 Å². The molecule has 2 aromatic rings. The normalized spacial score (nSPS) is 21.7. The fraction of sp³-hybridized carbons (Fsp3) is 0.625. The summed E-state index contributed by atoms with van der Waals surface area (Å²) in [5.41, 5.74) is 0.495. The molecule has 2 fully saturated rings. The lowest BCUT2D eigenvalue weighted by Crippen LogP contribution is -2.33. The Kier molecular flexibility index (Phi) is 8.25. The summed E-state index contributed by atoms with van der Waals surface area (Å²) in [4.78, 5) is 13.7. The van der Waals surface area contributed by atoms with Gasteiger partial charge in [-0.2, -0.15) is 15.0 Å². The molecule has 1 aromatic carbocycles. The number of methoxy groups -OCH3 is 1. The molecule has 0 radical (unpaired) electrons. The second-order valence-corrected chi connectivity index (χ2v) is 11.9. The predicted molar refractivity (Wildman–Crippen MR) is 136 cm³/mol. The lowest BCUT2D eigenvalue weighted by Gasteiger charge is -2.28. The molecule has 0 unspecified atom stereocenters. The first-order chi connectivity index (χ1) is 16.8. The summed E-state index contributed by atoms with van der Waals surface area (Å²) in [7, 11) is -1.61. The Morgan fingerprint density at radius 1 is 0.857 bits per heavy atom. The van der Waals surface area contributed by atoms with Crippen LogP contribution in [0.2, 0.25) is 0 Å². The van der Waals surface area contributed by atoms with Crippen LogP contribution in [0.15, 0.2) is 18.2 Å². The van der Waals surface area contributed by atoms with E-state index in [4.69, 9.17) is 4.74 Å². The smallest absolute Gasteiger partial charge is 0.233 e. The zero-order valence-electron chi connectivity index (χ0n) is 20.4. The molecule has 0 aliphatic heterocycles. The van der Waals surface area contributed by atoms with Gasteiger partial charge in [-0.05, 0) is 50.7 Å². The van der Waals surface area contributed by atoms with Crippen LogP contribution < -0.4 is 20.7 Å². The first-order valence-corrected chi connectivity index (χ1v) is 14.3. The van der Waals surface area contributed by atoms with Crippen molar-refractivity contribution in [3.63, 3.8) is 0 Å². The molecule has 0 spiro atoms. The number of rotatable bonds is 8. The van der Waals surface area contributed by atoms with Gasteiger partial charge in [-0.3, -0.25) is 0 Å². The molecule has 2 saturated carbocycles. The Bertz CT molecular complexity index is 1100. The Balaban J connectivity index is 1.52. The van der Waals surface area contributed by atoms with E-state index < -0.39 is 15.7 Å². The molecule has 11 heteroatoms. The van der Waals surface area contributed by atoms with E-state index in [1.165, 1.54) is 45.1 Å². The summed E-state index contributed by atoms with van der Waals surface area (Å²) in [5.74, 6) is 0.859. The van der Waals surface area contributed by atoms with Gasteiger partial charge in [-0.1, -0.05) is 25.7 Å². The van der Waals surface area contributed by atoms with Crippen LogP contribution in [0.1, 0.15) is 64.2 Å². The average Bonchev–Trinajstić information content (AvgIpc) is 3.07. The van der Waals surface area contributed by atoms with Crippen LogP contribution in [0.4, 0.5) is 27.9 Å². The lowest BCUT2D eigenvalue weighted by molar-refractivity contribution is 0.386. The number of benzene rings is 1. The maximum atomic E-state index is 14.2. The van der Waals surface area contributed by atoms with Crippen LogP contribution in [0.25, 0.3) is 0 Å². The molecule has 3 N–H and O–H groups in total. The van der Waals surface area contributed by atoms with Crippen molar-refractivity contribution in [3.8, 4) is 5.75 Å². The fourth-order valence-electron chi connectivity index (χ4n) is 4.86. The van der Waals surface area contributed by atoms with Crippen molar-refractivity contribution in [3.05, 3.63) is 24.0 Å². The van der Waals surface area contributed by atoms with E-state index in [-0.39, 0.29) is 17.0 Å². The van der Waals surface area contributed by atoms with E-state index in [1.54, 1.807) is 12.1 Å². The van der Waals surface area contributed by atoms with Crippen molar-refractivity contribution in [2.45, 2.75) is 81.5 Å². The molecule has 1 heterocycles. The van der Waals surface area contributed by atoms with Gasteiger partial charge in [0, 0.05) is 30.1 Å². The van der Waals surface area contributed by atoms with Gasteiger partial charge in [0.2, 0.25) is 17.8 Å². The Morgan fingerprint density at radius 3 is 1.97 bits per heavy atom. The third kappa shape index (κ3) is 7.16. The van der Waals surface area contributed by atoms with Crippen LogP contribution in [0.5, 0.6) is 5.75 Å². The number of ether oxygens (including phenoxy) is 1. The first-order valence-electron chi connectivity index (χ1n) is 12.4. The largest absolute Gasteiger partial charge is 0.494 e. The van der Waals surface area contributed by atoms with Crippen LogP contribution >= 0.6 is 0 Å². The number of nitrogens with zero attached hydrogens (tertiary/aromatic N) is 3. The SMILES string of the molecule is COc1ccc(Nc2nc(NC3CCCCCC3)nc(NC3CCC(S(C)(=O)=O)CC3)n2)cc1F. The van der Waals surface area contributed by atoms with E-state index >= 15 is 0 Å². The fourth-order valence-corrected chi connectivity index (χ4v) is 5.99. The van der Waals surface area contributed by atoms with Crippen molar-refractivity contribution in [1.29, 1.82) is 0 Å². The molecule has 0 saturated heterocycles. The van der Waals surface area contributed by atoms with Crippen molar-refractivity contribution in [1.82, 2.24) is 15.0 Å². The summed E-state index contributed by atoms with van der Waals surface area (Å²) in [6, 6.07) is 4.95. The van der Waals surface area contributed by atoms with E-state index in [1.807, 2.05) is 0 Å². The van der Waals surface area contributed by atoms with Crippen LogP contribution in [0.3, 0.4) is 0 Å². The molecule has 9 nitrogen and oxygen atoms in total. The first kappa shape index (κ1) is 25.4. The summed E-state index contributed by atoms with van der Waals surface area (Å²) in [6.45, 7) is 0. The molecular weight excluding hydrogens is 471 g/mol. The number of hydrogen-bond acceptors (Lipinski definition) is 9. The number of nitrogens with one attached hydrogen (secondary N) is 3. The van der Waals surface area contributed by atoms with Gasteiger partial charge in [0.05, 0.1) is 12.4 Å². The number of hydrogen-bond donors (Lipinski definition) is 3. The topological polar surface area (TPSA) is 118 Å². The highest BCUT2D eigenvalue weighted by Crippen LogP contribution is 2.27. The quantitative estimate of drug-likeness (QED) is 0.439. The molecular formula is C24H35FN6O3S. The second kappa shape index (κ2) is 11.4. The monoisotopic (exact) mass is 506 g/mol. The highest BCUT2D eigenvalue weighted by Gasteiger charge is 2.28. The minimum Gasteiger partial charge on any atom is -0.494 e. The van der Waals surface area contributed by atoms with Crippen LogP contribution in [-0.2, 0) is 9.84 Å². The van der Waals surface area contributed by atoms with Gasteiger partial charge in [-0.15, -0.1) is 0 Å². The lowest BCUT2D eigenvalue weighted by atomic mass is 9.95. The van der Waals surface area contributed by atoms with Gasteiger partial charge in [0.25, 0.3) is 0 Å². The molecule has 1 aromatic heterocycles. The molecule has 2 aliphatic carbocycles. The predicted octanol–water partition coefficient (Wildman–Crippen LogP) is 4.67. The molecule has 0 amide bonds. The summed E-state index contributed by atoms with van der Waals surface area (Å²) < 4.78 is 43.0. The molecule has 4 rings (SSSR count). The number of sulfone groups is 1. The van der Waals surface area contributed by atoms with E-state index in [0.29, 0.717) is 42.4 Å². The van der Waals surface area contributed by atoms with Gasteiger partial charge < -0.3 is 20.7 Å². The molecule has 192 valence electrons. The van der Waals surface area contributed by atoms with E-state index in [0.717, 1.165) is 25.7 Å². The second-order valence-electron chi connectivity index (χ2n) is 9.56. The maximum absolute atomic E-state index is 14.2. The Morgan fingerprint density at radius 2 is 1.43 bits per heavy atom. The summed E-state index contributed by atoms with van der Waals surface area (Å²) in [5, 5.41) is 9.62. The van der Waals surface area contributed by atoms with E-state index in [9.17, 15) is 12.8 Å². The Hall–Kier alpha value is -2.69. The highest BCUT2D eigenvalue weighted by atomic mass is 32.2. The molecule has 2 aliphatic rings. The zero-order chi connectivity index (χ0) is 24.8. The van der Waals surface area contributed by atoms with E-state index in [2.05, 4.69) is 30.9 Å². The third-order valence-electron chi connectivity index (χ3n) is 6.84. The standard InChI is InChI=1S/C24H35FN6O3S/c1-34-21-14-11-18(15-20(21)25)28-24-30-22(26-16-7-5-3-4-6-8-16)29-23(31-24)27-17-9-12-19(13-10-17)35(2,32)33/h11,14-17,19H,3-10,12-13H2,1-2H3,(H3,26,27,28,29,30,31). The Labute approximate surface area is 206 Å². The van der Waals surface area contributed by atoms with Crippen molar-refractivity contribution in [2.75, 3.05) is 29.3 Å². The van der Waals surface area contributed by atoms with Crippen LogP contribution in [-0.4, -0.2) is 54.1 Å². The summed E-state index contributed by atoms with van der Waals surface area (Å²) in [6.07, 6.45) is 11.0. The zero-order valence-corrected chi connectivity index (χ0v) is 21.2. The van der Waals surface area contributed by atoms with Crippen molar-refractivity contribution >= 4 is 33.4 Å². The molecule has 35 heavy (non-hydrogen) atoms. The van der Waals surface area contributed by atoms with Gasteiger partial charge >= 0.3 is 0 Å². The minimum absolute atomic E-state index is 0.0763. The van der Waals surface area contributed by atoms with Crippen molar-refractivity contribution in [2.24, 2.45) is 0 Å². The number of aromatic nitrogens is 3. The van der Waals surface area contributed by atoms with Crippen LogP contribution in [0, 0.1) is 5.82 Å². The molecule has 0 atom stereocenters. The van der Waals surface area contributed by atoms with Crippen molar-refractivity contribution < 1.29 is 17.5 Å². The average molecular weight is 507 g/mol. The minimum atomic E-state index is -3.03. The van der Waals surface area contributed by atoms with Gasteiger partial charge in [-0.25, -0.2) is 12.8 Å². The molecule has 0 bridgehead atoms.